The summed E-state index contributed by atoms with van der Waals surface area (Å²) in [5.41, 5.74) is 0.00211. The van der Waals surface area contributed by atoms with Crippen LogP contribution >= 0.6 is 0 Å². The molecule has 1 aliphatic carbocycles. The van der Waals surface area contributed by atoms with Gasteiger partial charge >= 0.3 is 0 Å². The summed E-state index contributed by atoms with van der Waals surface area (Å²) in [5, 5.41) is 3.08. The zero-order valence-corrected chi connectivity index (χ0v) is 9.43. The van der Waals surface area contributed by atoms with Crippen LogP contribution < -0.4 is 5.32 Å². The van der Waals surface area contributed by atoms with E-state index in [-0.39, 0.29) is 17.6 Å². The summed E-state index contributed by atoms with van der Waals surface area (Å²) in [6.45, 7) is 3.91. The van der Waals surface area contributed by atoms with Crippen LogP contribution in [0.15, 0.2) is 0 Å². The van der Waals surface area contributed by atoms with Crippen molar-refractivity contribution in [1.82, 2.24) is 5.32 Å². The van der Waals surface area contributed by atoms with E-state index in [2.05, 4.69) is 12.2 Å². The van der Waals surface area contributed by atoms with Gasteiger partial charge in [-0.3, -0.25) is 4.79 Å². The maximum atomic E-state index is 11.6. The van der Waals surface area contributed by atoms with Crippen LogP contribution in [-0.2, 0) is 9.53 Å². The maximum absolute atomic E-state index is 11.6. The second-order valence-corrected chi connectivity index (χ2v) is 4.49. The van der Waals surface area contributed by atoms with Crippen LogP contribution in [0.2, 0.25) is 0 Å². The average Bonchev–Trinajstić information content (AvgIpc) is 2.17. The van der Waals surface area contributed by atoms with E-state index in [0.717, 1.165) is 12.8 Å². The third-order valence-corrected chi connectivity index (χ3v) is 3.10. The van der Waals surface area contributed by atoms with E-state index in [0.29, 0.717) is 0 Å². The molecule has 0 heterocycles. The molecule has 1 amide bonds. The SMILES string of the molecule is COC(C)C(=O)NC1(C)CCCCC1. The highest BCUT2D eigenvalue weighted by Crippen LogP contribution is 2.27. The summed E-state index contributed by atoms with van der Waals surface area (Å²) in [7, 11) is 1.56. The number of carbonyl (C=O) groups excluding carboxylic acids is 1. The number of methoxy groups -OCH3 is 1. The lowest BCUT2D eigenvalue weighted by Gasteiger charge is -2.35. The zero-order chi connectivity index (χ0) is 10.6. The molecule has 0 aliphatic heterocycles. The highest BCUT2D eigenvalue weighted by molar-refractivity contribution is 5.81. The first-order valence-corrected chi connectivity index (χ1v) is 5.42. The van der Waals surface area contributed by atoms with Crippen molar-refractivity contribution in [2.75, 3.05) is 7.11 Å². The smallest absolute Gasteiger partial charge is 0.249 e. The summed E-state index contributed by atoms with van der Waals surface area (Å²) in [6, 6.07) is 0. The molecule has 0 saturated heterocycles. The maximum Gasteiger partial charge on any atom is 0.249 e. The molecule has 1 saturated carbocycles. The van der Waals surface area contributed by atoms with Crippen LogP contribution in [0, 0.1) is 0 Å². The second kappa shape index (κ2) is 4.78. The lowest BCUT2D eigenvalue weighted by atomic mass is 9.83. The fourth-order valence-electron chi connectivity index (χ4n) is 1.96. The first-order chi connectivity index (χ1) is 6.57. The van der Waals surface area contributed by atoms with E-state index in [1.807, 2.05) is 0 Å². The Bertz CT molecular complexity index is 197. The van der Waals surface area contributed by atoms with Crippen molar-refractivity contribution >= 4 is 5.91 Å². The molecular formula is C11H21NO2. The van der Waals surface area contributed by atoms with Gasteiger partial charge < -0.3 is 10.1 Å². The van der Waals surface area contributed by atoms with Crippen molar-refractivity contribution in [1.29, 1.82) is 0 Å². The minimum Gasteiger partial charge on any atom is -0.372 e. The first-order valence-electron chi connectivity index (χ1n) is 5.42. The van der Waals surface area contributed by atoms with Crippen LogP contribution in [0.3, 0.4) is 0 Å². The predicted molar refractivity (Wildman–Crippen MR) is 56.1 cm³/mol. The molecular weight excluding hydrogens is 178 g/mol. The Morgan fingerprint density at radius 1 is 1.36 bits per heavy atom. The van der Waals surface area contributed by atoms with Gasteiger partial charge in [0.25, 0.3) is 0 Å². The van der Waals surface area contributed by atoms with Gasteiger partial charge in [0, 0.05) is 12.6 Å². The molecule has 1 atom stereocenters. The molecule has 14 heavy (non-hydrogen) atoms. The lowest BCUT2D eigenvalue weighted by molar-refractivity contribution is -0.132. The Kier molecular flexibility index (Phi) is 3.93. The van der Waals surface area contributed by atoms with Crippen LogP contribution in [0.4, 0.5) is 0 Å². The van der Waals surface area contributed by atoms with E-state index in [4.69, 9.17) is 4.74 Å². The summed E-state index contributed by atoms with van der Waals surface area (Å²) in [6.07, 6.45) is 5.58. The topological polar surface area (TPSA) is 38.3 Å². The average molecular weight is 199 g/mol. The van der Waals surface area contributed by atoms with Crippen molar-refractivity contribution in [3.63, 3.8) is 0 Å². The second-order valence-electron chi connectivity index (χ2n) is 4.49. The minimum atomic E-state index is -0.339. The third-order valence-electron chi connectivity index (χ3n) is 3.10. The van der Waals surface area contributed by atoms with Crippen molar-refractivity contribution in [2.45, 2.75) is 57.6 Å². The fraction of sp³-hybridized carbons (Fsp3) is 0.909. The van der Waals surface area contributed by atoms with Crippen molar-refractivity contribution in [3.05, 3.63) is 0 Å². The molecule has 0 aromatic rings. The van der Waals surface area contributed by atoms with Crippen LogP contribution in [0.1, 0.15) is 46.0 Å². The van der Waals surface area contributed by atoms with E-state index in [9.17, 15) is 4.79 Å². The van der Waals surface area contributed by atoms with Gasteiger partial charge in [-0.1, -0.05) is 19.3 Å². The van der Waals surface area contributed by atoms with Gasteiger partial charge in [0.2, 0.25) is 5.91 Å². The molecule has 1 aliphatic rings. The lowest BCUT2D eigenvalue weighted by Crippen LogP contribution is -2.50. The van der Waals surface area contributed by atoms with E-state index in [1.54, 1.807) is 14.0 Å². The van der Waals surface area contributed by atoms with Crippen LogP contribution in [0.25, 0.3) is 0 Å². The van der Waals surface area contributed by atoms with E-state index >= 15 is 0 Å². The number of hydrogen-bond acceptors (Lipinski definition) is 2. The van der Waals surface area contributed by atoms with E-state index in [1.165, 1.54) is 19.3 Å². The molecule has 0 aromatic carbocycles. The van der Waals surface area contributed by atoms with Gasteiger partial charge in [-0.05, 0) is 26.7 Å². The molecule has 1 N–H and O–H groups in total. The molecule has 0 radical (unpaired) electrons. The zero-order valence-electron chi connectivity index (χ0n) is 9.43. The molecule has 0 aromatic heterocycles. The number of hydrogen-bond donors (Lipinski definition) is 1. The minimum absolute atomic E-state index is 0.00211. The molecule has 0 spiro atoms. The van der Waals surface area contributed by atoms with Gasteiger partial charge in [0.1, 0.15) is 6.10 Å². The number of rotatable bonds is 3. The van der Waals surface area contributed by atoms with Gasteiger partial charge in [0.05, 0.1) is 0 Å². The summed E-state index contributed by atoms with van der Waals surface area (Å²) < 4.78 is 4.99. The number of amides is 1. The van der Waals surface area contributed by atoms with Gasteiger partial charge in [-0.25, -0.2) is 0 Å². The standard InChI is InChI=1S/C11H21NO2/c1-9(14-3)10(13)12-11(2)7-5-4-6-8-11/h9H,4-8H2,1-3H3,(H,12,13). The number of carbonyl (C=O) groups is 1. The molecule has 0 bridgehead atoms. The Labute approximate surface area is 86.2 Å². The molecule has 3 nitrogen and oxygen atoms in total. The molecule has 1 fully saturated rings. The van der Waals surface area contributed by atoms with Crippen molar-refractivity contribution in [2.24, 2.45) is 0 Å². The Balaban J connectivity index is 2.44. The Morgan fingerprint density at radius 3 is 2.43 bits per heavy atom. The quantitative estimate of drug-likeness (QED) is 0.753. The van der Waals surface area contributed by atoms with Crippen LogP contribution in [-0.4, -0.2) is 24.7 Å². The highest BCUT2D eigenvalue weighted by Gasteiger charge is 2.29. The molecule has 1 unspecified atom stereocenters. The summed E-state index contributed by atoms with van der Waals surface area (Å²) in [5.74, 6) is 0.0110. The number of nitrogens with one attached hydrogen (secondary N) is 1. The molecule has 3 heteroatoms. The van der Waals surface area contributed by atoms with Crippen LogP contribution in [0.5, 0.6) is 0 Å². The Morgan fingerprint density at radius 2 is 1.93 bits per heavy atom. The van der Waals surface area contributed by atoms with Crippen molar-refractivity contribution in [3.8, 4) is 0 Å². The monoisotopic (exact) mass is 199 g/mol. The fourth-order valence-corrected chi connectivity index (χ4v) is 1.96. The first kappa shape index (κ1) is 11.5. The van der Waals surface area contributed by atoms with Gasteiger partial charge in [-0.15, -0.1) is 0 Å². The van der Waals surface area contributed by atoms with Gasteiger partial charge in [-0.2, -0.15) is 0 Å². The normalized spacial score (nSPS) is 22.8. The van der Waals surface area contributed by atoms with E-state index < -0.39 is 0 Å². The molecule has 1 rings (SSSR count). The highest BCUT2D eigenvalue weighted by atomic mass is 16.5. The van der Waals surface area contributed by atoms with Crippen molar-refractivity contribution < 1.29 is 9.53 Å². The largest absolute Gasteiger partial charge is 0.372 e. The summed E-state index contributed by atoms with van der Waals surface area (Å²) in [4.78, 5) is 11.6. The molecule has 82 valence electrons. The predicted octanol–water partition coefficient (Wildman–Crippen LogP) is 1.86. The third kappa shape index (κ3) is 2.98. The Hall–Kier alpha value is -0.570. The van der Waals surface area contributed by atoms with Gasteiger partial charge in [0.15, 0.2) is 0 Å². The number of ether oxygens (including phenoxy) is 1. The summed E-state index contributed by atoms with van der Waals surface area (Å²) >= 11 is 0.